The Kier molecular flexibility index (Phi) is 7.64. The van der Waals surface area contributed by atoms with Crippen LogP contribution in [0.15, 0.2) is 231 Å². The Bertz CT molecular complexity index is 3550. The second-order valence-corrected chi connectivity index (χ2v) is 16.5. The van der Waals surface area contributed by atoms with Crippen LogP contribution in [0, 0.1) is 0 Å². The second kappa shape index (κ2) is 13.7. The van der Waals surface area contributed by atoms with Crippen molar-refractivity contribution in [1.29, 1.82) is 0 Å². The molecule has 0 saturated carbocycles. The minimum Gasteiger partial charge on any atom is -0.309 e. The van der Waals surface area contributed by atoms with E-state index >= 15 is 0 Å². The van der Waals surface area contributed by atoms with E-state index in [0.717, 1.165) is 0 Å². The van der Waals surface area contributed by atoms with Crippen molar-refractivity contribution in [1.82, 2.24) is 9.13 Å². The van der Waals surface area contributed by atoms with Crippen LogP contribution in [-0.2, 0) is 0 Å². The number of hydrogen-bond acceptors (Lipinski definition) is 0. The van der Waals surface area contributed by atoms with Gasteiger partial charge in [-0.15, -0.1) is 0 Å². The van der Waals surface area contributed by atoms with E-state index in [4.69, 9.17) is 0 Å². The summed E-state index contributed by atoms with van der Waals surface area (Å²) in [5.74, 6) is 0. The van der Waals surface area contributed by atoms with Gasteiger partial charge in [-0.2, -0.15) is 0 Å². The zero-order valence-corrected chi connectivity index (χ0v) is 33.8. The van der Waals surface area contributed by atoms with Gasteiger partial charge in [-0.05, 0) is 140 Å². The number of rotatable bonds is 4. The van der Waals surface area contributed by atoms with Gasteiger partial charge in [0.1, 0.15) is 0 Å². The molecular formula is C60H38N2. The number of benzene rings is 10. The fourth-order valence-electron chi connectivity index (χ4n) is 10.3. The first kappa shape index (κ1) is 34.6. The van der Waals surface area contributed by atoms with Crippen LogP contribution < -0.4 is 0 Å². The van der Waals surface area contributed by atoms with Crippen molar-refractivity contribution in [3.8, 4) is 78.1 Å². The summed E-state index contributed by atoms with van der Waals surface area (Å²) in [5.41, 5.74) is 21.9. The predicted octanol–water partition coefficient (Wildman–Crippen LogP) is 16.2. The molecule has 1 aliphatic carbocycles. The molecule has 0 unspecified atom stereocenters. The standard InChI is InChI=1S/C60H38N2/c1-3-15-43(16-4-1)61-57-25-13-11-23-51(57)55-37-41(29-33-59(55)61)39-27-31-49-47-21-8-7-19-45(47)46-20-9-10-22-48(46)53-35-40(28-32-50(53)54(49)36-39)42-30-34-60-56(38-42)52-24-12-14-26-58(52)62(60)44-17-5-2-6-18-44/h1-38H. The van der Waals surface area contributed by atoms with Gasteiger partial charge in [0, 0.05) is 32.9 Å². The third-order valence-corrected chi connectivity index (χ3v) is 13.1. The average molecular weight is 787 g/mol. The maximum absolute atomic E-state index is 2.43. The van der Waals surface area contributed by atoms with Gasteiger partial charge >= 0.3 is 0 Å². The van der Waals surface area contributed by atoms with E-state index in [0.29, 0.717) is 0 Å². The van der Waals surface area contributed by atoms with E-state index in [1.165, 1.54) is 122 Å². The van der Waals surface area contributed by atoms with Crippen LogP contribution >= 0.6 is 0 Å². The molecule has 0 N–H and O–H groups in total. The van der Waals surface area contributed by atoms with E-state index in [-0.39, 0.29) is 0 Å². The van der Waals surface area contributed by atoms with Crippen molar-refractivity contribution in [2.45, 2.75) is 0 Å². The number of para-hydroxylation sites is 4. The Morgan fingerprint density at radius 2 is 0.500 bits per heavy atom. The minimum atomic E-state index is 1.17. The number of fused-ring (bicyclic) bond motifs is 14. The van der Waals surface area contributed by atoms with Gasteiger partial charge in [0.2, 0.25) is 0 Å². The summed E-state index contributed by atoms with van der Waals surface area (Å²) >= 11 is 0. The van der Waals surface area contributed by atoms with E-state index in [2.05, 4.69) is 240 Å². The molecule has 12 aromatic rings. The molecule has 0 saturated heterocycles. The van der Waals surface area contributed by atoms with Crippen LogP contribution in [0.1, 0.15) is 0 Å². The fraction of sp³-hybridized carbons (Fsp3) is 0. The van der Waals surface area contributed by atoms with Crippen LogP contribution in [0.4, 0.5) is 0 Å². The first-order valence-electron chi connectivity index (χ1n) is 21.4. The summed E-state index contributed by atoms with van der Waals surface area (Å²) in [6, 6.07) is 85.0. The van der Waals surface area contributed by atoms with Crippen LogP contribution in [0.3, 0.4) is 0 Å². The fourth-order valence-corrected chi connectivity index (χ4v) is 10.3. The second-order valence-electron chi connectivity index (χ2n) is 16.5. The molecule has 2 heteroatoms. The summed E-state index contributed by atoms with van der Waals surface area (Å²) in [4.78, 5) is 0. The van der Waals surface area contributed by atoms with Crippen molar-refractivity contribution >= 4 is 43.6 Å². The molecule has 288 valence electrons. The van der Waals surface area contributed by atoms with Gasteiger partial charge in [-0.25, -0.2) is 0 Å². The van der Waals surface area contributed by atoms with Gasteiger partial charge in [0.25, 0.3) is 0 Å². The van der Waals surface area contributed by atoms with Crippen molar-refractivity contribution in [3.05, 3.63) is 231 Å². The maximum atomic E-state index is 2.43. The van der Waals surface area contributed by atoms with Crippen molar-refractivity contribution < 1.29 is 0 Å². The molecule has 10 aromatic carbocycles. The third-order valence-electron chi connectivity index (χ3n) is 13.1. The van der Waals surface area contributed by atoms with Gasteiger partial charge in [0.05, 0.1) is 22.1 Å². The Labute approximate surface area is 359 Å². The van der Waals surface area contributed by atoms with Gasteiger partial charge < -0.3 is 9.13 Å². The Morgan fingerprint density at radius 3 is 0.952 bits per heavy atom. The quantitative estimate of drug-likeness (QED) is 0.168. The molecule has 1 aliphatic rings. The lowest BCUT2D eigenvalue weighted by molar-refractivity contribution is 1.18. The molecule has 0 radical (unpaired) electrons. The molecule has 0 atom stereocenters. The SMILES string of the molecule is c1ccc(-n2c3ccccc3c3cc(-c4ccc5c(c4)-c4ccc(-c6ccc7c(c6)c6ccccc6n7-c6ccccc6)cc4-c4ccccc4-c4ccccc4-5)ccc32)cc1. The predicted molar refractivity (Wildman–Crippen MR) is 261 cm³/mol. The van der Waals surface area contributed by atoms with Crippen LogP contribution in [0.25, 0.3) is 122 Å². The first-order chi connectivity index (χ1) is 30.8. The molecule has 2 aromatic heterocycles. The lowest BCUT2D eigenvalue weighted by Gasteiger charge is -2.24. The Balaban J connectivity index is 1.01. The zero-order chi connectivity index (χ0) is 40.7. The first-order valence-corrected chi connectivity index (χ1v) is 21.4. The van der Waals surface area contributed by atoms with Gasteiger partial charge in [0.15, 0.2) is 0 Å². The smallest absolute Gasteiger partial charge is 0.0541 e. The normalized spacial score (nSPS) is 11.9. The number of nitrogens with zero attached hydrogens (tertiary/aromatic N) is 2. The average Bonchev–Trinajstić information content (AvgIpc) is 3.86. The Hall–Kier alpha value is -8.20. The molecule has 2 heterocycles. The highest BCUT2D eigenvalue weighted by Gasteiger charge is 2.24. The molecule has 0 amide bonds. The zero-order valence-electron chi connectivity index (χ0n) is 33.8. The lowest BCUT2D eigenvalue weighted by Crippen LogP contribution is -1.98. The maximum Gasteiger partial charge on any atom is 0.0541 e. The topological polar surface area (TPSA) is 9.86 Å². The van der Waals surface area contributed by atoms with Gasteiger partial charge in [-0.1, -0.05) is 158 Å². The van der Waals surface area contributed by atoms with Crippen LogP contribution in [-0.4, -0.2) is 9.13 Å². The van der Waals surface area contributed by atoms with E-state index < -0.39 is 0 Å². The van der Waals surface area contributed by atoms with Crippen molar-refractivity contribution in [3.63, 3.8) is 0 Å². The largest absolute Gasteiger partial charge is 0.309 e. The van der Waals surface area contributed by atoms with E-state index in [1.807, 2.05) is 0 Å². The highest BCUT2D eigenvalue weighted by molar-refractivity contribution is 6.12. The summed E-state index contributed by atoms with van der Waals surface area (Å²) in [5, 5.41) is 5.01. The summed E-state index contributed by atoms with van der Waals surface area (Å²) in [6.07, 6.45) is 0. The Morgan fingerprint density at radius 1 is 0.194 bits per heavy atom. The molecule has 13 rings (SSSR count). The molecule has 0 bridgehead atoms. The van der Waals surface area contributed by atoms with E-state index in [1.54, 1.807) is 0 Å². The van der Waals surface area contributed by atoms with Crippen LogP contribution in [0.5, 0.6) is 0 Å². The lowest BCUT2D eigenvalue weighted by atomic mass is 9.79. The number of aromatic nitrogens is 2. The summed E-state index contributed by atoms with van der Waals surface area (Å²) < 4.78 is 4.77. The molecule has 0 fully saturated rings. The van der Waals surface area contributed by atoms with E-state index in [9.17, 15) is 0 Å². The molecule has 2 nitrogen and oxygen atoms in total. The summed E-state index contributed by atoms with van der Waals surface area (Å²) in [7, 11) is 0. The molecular weight excluding hydrogens is 749 g/mol. The van der Waals surface area contributed by atoms with Gasteiger partial charge in [-0.3, -0.25) is 0 Å². The van der Waals surface area contributed by atoms with Crippen molar-refractivity contribution in [2.24, 2.45) is 0 Å². The summed E-state index contributed by atoms with van der Waals surface area (Å²) in [6.45, 7) is 0. The minimum absolute atomic E-state index is 1.17. The highest BCUT2D eigenvalue weighted by atomic mass is 15.0. The van der Waals surface area contributed by atoms with Crippen molar-refractivity contribution in [2.75, 3.05) is 0 Å². The highest BCUT2D eigenvalue weighted by Crippen LogP contribution is 2.50. The molecule has 0 aliphatic heterocycles. The van der Waals surface area contributed by atoms with Crippen LogP contribution in [0.2, 0.25) is 0 Å². The molecule has 62 heavy (non-hydrogen) atoms. The monoisotopic (exact) mass is 786 g/mol. The number of hydrogen-bond donors (Lipinski definition) is 0. The molecule has 0 spiro atoms. The third kappa shape index (κ3) is 5.23.